The summed E-state index contributed by atoms with van der Waals surface area (Å²) in [5.41, 5.74) is 29.6. The standard InChI is InChI=1S/C24H18N8.C19H15ClN4.C5H4N4/c1-14-9-16(5-4-8-25)10-15(2)21(14)18-6-3-7-19-22(18)31-24(32-23(19)27)30-20-13-28-17(11-26)12-29-20;1-11-9-13(5-4-8-21)10-12(2)16(11)14-6-3-7-15-17(14)23-19(20)24-18(15)22;6-1-4-2-9-5(7)3-8-4/h3-7,9-10,12-13H,1-2H3,(H3,27,29,30,31,32);3-7,9-10H,1-2H3,(H2,22,23,24);2-3H,(H2,7,9)/b2*5-4+;. The van der Waals surface area contributed by atoms with Gasteiger partial charge in [-0.15, -0.1) is 0 Å². The van der Waals surface area contributed by atoms with Crippen molar-refractivity contribution in [3.05, 3.63) is 148 Å². The molecule has 0 bridgehead atoms. The fraction of sp³-hybridized carbons (Fsp3) is 0.0833. The molecule has 16 nitrogen and oxygen atoms in total. The number of anilines is 5. The number of nitrogens with one attached hydrogen (secondary N) is 1. The highest BCUT2D eigenvalue weighted by Crippen LogP contribution is 2.37. The summed E-state index contributed by atoms with van der Waals surface area (Å²) < 4.78 is 0. The average molecular weight is 873 g/mol. The molecule has 4 aromatic carbocycles. The van der Waals surface area contributed by atoms with Gasteiger partial charge in [0.1, 0.15) is 29.6 Å². The molecule has 7 N–H and O–H groups in total. The summed E-state index contributed by atoms with van der Waals surface area (Å²) in [5, 5.41) is 39.3. The van der Waals surface area contributed by atoms with Gasteiger partial charge in [-0.05, 0) is 108 Å². The van der Waals surface area contributed by atoms with Gasteiger partial charge in [0.05, 0.1) is 48.0 Å². The van der Waals surface area contributed by atoms with E-state index in [1.54, 1.807) is 12.2 Å². The lowest BCUT2D eigenvalue weighted by Crippen LogP contribution is -2.04. The minimum absolute atomic E-state index is 0.135. The third-order valence-electron chi connectivity index (χ3n) is 9.63. The number of nitriles is 4. The number of benzene rings is 4. The van der Waals surface area contributed by atoms with Gasteiger partial charge in [-0.25, -0.2) is 34.9 Å². The molecule has 0 saturated carbocycles. The Labute approximate surface area is 378 Å². The third kappa shape index (κ3) is 10.8. The van der Waals surface area contributed by atoms with Gasteiger partial charge in [0.25, 0.3) is 0 Å². The van der Waals surface area contributed by atoms with Crippen LogP contribution in [-0.4, -0.2) is 39.9 Å². The van der Waals surface area contributed by atoms with E-state index < -0.39 is 0 Å². The van der Waals surface area contributed by atoms with Crippen LogP contribution < -0.4 is 22.5 Å². The van der Waals surface area contributed by atoms with E-state index in [1.165, 1.54) is 36.9 Å². The first-order valence-corrected chi connectivity index (χ1v) is 19.8. The number of allylic oxidation sites excluding steroid dienone is 2. The van der Waals surface area contributed by atoms with Crippen LogP contribution >= 0.6 is 11.6 Å². The molecule has 65 heavy (non-hydrogen) atoms. The van der Waals surface area contributed by atoms with Crippen molar-refractivity contribution < 1.29 is 0 Å². The number of fused-ring (bicyclic) bond motifs is 2. The van der Waals surface area contributed by atoms with Crippen LogP contribution in [0.5, 0.6) is 0 Å². The van der Waals surface area contributed by atoms with Crippen LogP contribution in [0.3, 0.4) is 0 Å². The van der Waals surface area contributed by atoms with E-state index in [4.69, 9.17) is 54.8 Å². The number of nitrogens with two attached hydrogens (primary N) is 3. The molecule has 0 unspecified atom stereocenters. The van der Waals surface area contributed by atoms with Crippen molar-refractivity contribution in [2.75, 3.05) is 22.5 Å². The lowest BCUT2D eigenvalue weighted by atomic mass is 9.92. The first-order valence-electron chi connectivity index (χ1n) is 19.4. The van der Waals surface area contributed by atoms with Crippen LogP contribution in [-0.2, 0) is 0 Å². The van der Waals surface area contributed by atoms with Crippen LogP contribution in [0.15, 0.2) is 97.6 Å². The summed E-state index contributed by atoms with van der Waals surface area (Å²) in [6, 6.07) is 27.6. The van der Waals surface area contributed by atoms with Crippen molar-refractivity contribution in [3.63, 3.8) is 0 Å². The number of nitrogen functional groups attached to an aromatic ring is 3. The lowest BCUT2D eigenvalue weighted by Gasteiger charge is -2.15. The van der Waals surface area contributed by atoms with E-state index in [-0.39, 0.29) is 22.6 Å². The molecular formula is C48H37ClN16. The van der Waals surface area contributed by atoms with E-state index in [9.17, 15) is 0 Å². The quantitative estimate of drug-likeness (QED) is 0.0894. The predicted octanol–water partition coefficient (Wildman–Crippen LogP) is 9.05. The number of rotatable bonds is 6. The van der Waals surface area contributed by atoms with Gasteiger partial charge >= 0.3 is 0 Å². The van der Waals surface area contributed by atoms with Crippen molar-refractivity contribution in [3.8, 4) is 46.5 Å². The highest BCUT2D eigenvalue weighted by molar-refractivity contribution is 6.29. The Bertz CT molecular complexity index is 3270. The van der Waals surface area contributed by atoms with Crippen LogP contribution in [0.2, 0.25) is 5.28 Å². The Morgan fingerprint density at radius 2 is 1.05 bits per heavy atom. The molecule has 0 saturated heterocycles. The predicted molar refractivity (Wildman–Crippen MR) is 253 cm³/mol. The maximum absolute atomic E-state index is 8.88. The number of halogens is 1. The first-order chi connectivity index (χ1) is 31.3. The van der Waals surface area contributed by atoms with Crippen LogP contribution in [0.1, 0.15) is 44.8 Å². The number of aryl methyl sites for hydroxylation is 4. The molecule has 0 aliphatic rings. The molecule has 0 spiro atoms. The number of hydrogen-bond acceptors (Lipinski definition) is 16. The minimum Gasteiger partial charge on any atom is -0.383 e. The van der Waals surface area contributed by atoms with E-state index in [0.717, 1.165) is 71.9 Å². The minimum atomic E-state index is 0.135. The maximum Gasteiger partial charge on any atom is 0.230 e. The number of hydrogen-bond donors (Lipinski definition) is 4. The molecule has 8 rings (SSSR count). The second-order valence-electron chi connectivity index (χ2n) is 14.2. The normalized spacial score (nSPS) is 10.5. The van der Waals surface area contributed by atoms with Crippen molar-refractivity contribution in [1.29, 1.82) is 21.0 Å². The molecule has 0 radical (unpaired) electrons. The largest absolute Gasteiger partial charge is 0.383 e. The Kier molecular flexibility index (Phi) is 14.2. The zero-order chi connectivity index (χ0) is 46.6. The number of nitrogens with zero attached hydrogens (tertiary/aromatic N) is 12. The molecular weight excluding hydrogens is 836 g/mol. The summed E-state index contributed by atoms with van der Waals surface area (Å²) >= 11 is 6.00. The summed E-state index contributed by atoms with van der Waals surface area (Å²) in [6.45, 7) is 8.13. The second-order valence-corrected chi connectivity index (χ2v) is 14.5. The topological polar surface area (TPSA) is 288 Å². The van der Waals surface area contributed by atoms with Crippen LogP contribution in [0, 0.1) is 73.0 Å². The van der Waals surface area contributed by atoms with Gasteiger partial charge in [0.2, 0.25) is 11.2 Å². The van der Waals surface area contributed by atoms with Crippen molar-refractivity contribution in [2.45, 2.75) is 27.7 Å². The molecule has 4 aromatic heterocycles. The van der Waals surface area contributed by atoms with E-state index in [2.05, 4.69) is 40.2 Å². The fourth-order valence-electron chi connectivity index (χ4n) is 7.05. The summed E-state index contributed by atoms with van der Waals surface area (Å²) in [7, 11) is 0. The number of para-hydroxylation sites is 2. The summed E-state index contributed by atoms with van der Waals surface area (Å²) in [4.78, 5) is 32.9. The molecule has 0 aliphatic heterocycles. The first kappa shape index (κ1) is 45.2. The molecule has 0 atom stereocenters. The zero-order valence-electron chi connectivity index (χ0n) is 35.4. The molecule has 17 heteroatoms. The van der Waals surface area contributed by atoms with E-state index >= 15 is 0 Å². The lowest BCUT2D eigenvalue weighted by molar-refractivity contribution is 1.13. The van der Waals surface area contributed by atoms with E-state index in [0.29, 0.717) is 28.8 Å². The second kappa shape index (κ2) is 20.5. The molecule has 0 fully saturated rings. The van der Waals surface area contributed by atoms with Crippen molar-refractivity contribution in [2.24, 2.45) is 0 Å². The Hall–Kier alpha value is -9.35. The monoisotopic (exact) mass is 872 g/mol. The van der Waals surface area contributed by atoms with Crippen molar-refractivity contribution >= 4 is 74.8 Å². The molecule has 0 amide bonds. The van der Waals surface area contributed by atoms with Gasteiger partial charge in [-0.2, -0.15) is 26.0 Å². The van der Waals surface area contributed by atoms with Gasteiger partial charge in [0, 0.05) is 34.1 Å². The molecule has 316 valence electrons. The zero-order valence-corrected chi connectivity index (χ0v) is 36.1. The fourth-order valence-corrected chi connectivity index (χ4v) is 7.22. The Balaban J connectivity index is 0.000000186. The Morgan fingerprint density at radius 1 is 0.569 bits per heavy atom. The molecule has 8 aromatic rings. The summed E-state index contributed by atoms with van der Waals surface area (Å²) in [5.74, 6) is 1.72. The van der Waals surface area contributed by atoms with Gasteiger partial charge < -0.3 is 22.5 Å². The van der Waals surface area contributed by atoms with E-state index in [1.807, 2.05) is 113 Å². The van der Waals surface area contributed by atoms with Gasteiger partial charge in [-0.1, -0.05) is 48.5 Å². The highest BCUT2D eigenvalue weighted by Gasteiger charge is 2.16. The smallest absolute Gasteiger partial charge is 0.230 e. The Morgan fingerprint density at radius 3 is 1.49 bits per heavy atom. The van der Waals surface area contributed by atoms with Gasteiger partial charge in [0.15, 0.2) is 17.2 Å². The summed E-state index contributed by atoms with van der Waals surface area (Å²) in [6.07, 6.45) is 12.0. The van der Waals surface area contributed by atoms with Gasteiger partial charge in [-0.3, -0.25) is 0 Å². The maximum atomic E-state index is 8.88. The average Bonchev–Trinajstić information content (AvgIpc) is 3.28. The highest BCUT2D eigenvalue weighted by atomic mass is 35.5. The van der Waals surface area contributed by atoms with Crippen LogP contribution in [0.25, 0.3) is 56.2 Å². The number of aromatic nitrogens is 8. The SMILES string of the molecule is Cc1cc(/C=C/C#N)cc(C)c1-c1cccc2c(N)nc(Cl)nc12.Cc1cc(/C=C/C#N)cc(C)c1-c1cccc2c(N)nc(Nc3cnc(C#N)cn3)nc12.N#Cc1cnc(N)cn1. The van der Waals surface area contributed by atoms with Crippen LogP contribution in [0.4, 0.5) is 29.2 Å². The molecule has 0 aliphatic carbocycles. The third-order valence-corrected chi connectivity index (χ3v) is 9.80. The molecule has 4 heterocycles. The van der Waals surface area contributed by atoms with Crippen molar-refractivity contribution in [1.82, 2.24) is 39.9 Å².